The van der Waals surface area contributed by atoms with Crippen LogP contribution in [0.15, 0.2) is 36.4 Å². The summed E-state index contributed by atoms with van der Waals surface area (Å²) < 4.78 is 0. The molecule has 0 N–H and O–H groups in total. The van der Waals surface area contributed by atoms with Crippen LogP contribution in [0.5, 0.6) is 0 Å². The second-order valence-corrected chi connectivity index (χ2v) is 6.33. The molecule has 0 aromatic heterocycles. The van der Waals surface area contributed by atoms with Crippen LogP contribution in [0.2, 0.25) is 5.02 Å². The summed E-state index contributed by atoms with van der Waals surface area (Å²) in [6, 6.07) is 7.34. The lowest BCUT2D eigenvalue weighted by molar-refractivity contribution is -0.141. The van der Waals surface area contributed by atoms with Gasteiger partial charge in [-0.1, -0.05) is 35.9 Å². The Morgan fingerprint density at radius 1 is 1.10 bits per heavy atom. The second kappa shape index (κ2) is 4.19. The van der Waals surface area contributed by atoms with Crippen molar-refractivity contribution in [3.05, 3.63) is 47.0 Å². The predicted molar refractivity (Wildman–Crippen MR) is 74.7 cm³/mol. The number of carbonyl (C=O) groups is 2. The highest BCUT2D eigenvalue weighted by Crippen LogP contribution is 2.52. The minimum atomic E-state index is -0.114. The number of imide groups is 1. The van der Waals surface area contributed by atoms with Gasteiger partial charge in [0, 0.05) is 5.02 Å². The summed E-state index contributed by atoms with van der Waals surface area (Å²) in [4.78, 5) is 26.5. The fourth-order valence-electron chi connectivity index (χ4n) is 3.94. The summed E-state index contributed by atoms with van der Waals surface area (Å²) >= 11 is 5.96. The highest BCUT2D eigenvalue weighted by molar-refractivity contribution is 6.30. The number of fused-ring (bicyclic) bond motifs is 5. The van der Waals surface area contributed by atoms with Gasteiger partial charge in [-0.15, -0.1) is 0 Å². The van der Waals surface area contributed by atoms with Crippen LogP contribution in [0.3, 0.4) is 0 Å². The molecule has 1 aromatic carbocycles. The monoisotopic (exact) mass is 287 g/mol. The fourth-order valence-corrected chi connectivity index (χ4v) is 4.15. The van der Waals surface area contributed by atoms with Crippen molar-refractivity contribution in [2.24, 2.45) is 23.7 Å². The lowest BCUT2D eigenvalue weighted by atomic mass is 9.85. The van der Waals surface area contributed by atoms with Crippen molar-refractivity contribution in [3.63, 3.8) is 0 Å². The molecule has 3 aliphatic rings. The van der Waals surface area contributed by atoms with E-state index in [9.17, 15) is 9.59 Å². The summed E-state index contributed by atoms with van der Waals surface area (Å²) in [5.74, 6) is 0.304. The zero-order valence-corrected chi connectivity index (χ0v) is 11.6. The maximum absolute atomic E-state index is 12.5. The van der Waals surface area contributed by atoms with Gasteiger partial charge in [0.1, 0.15) is 0 Å². The Morgan fingerprint density at radius 2 is 1.75 bits per heavy atom. The molecule has 1 aliphatic heterocycles. The van der Waals surface area contributed by atoms with Crippen molar-refractivity contribution >= 4 is 23.4 Å². The van der Waals surface area contributed by atoms with Gasteiger partial charge in [-0.3, -0.25) is 14.5 Å². The molecule has 4 rings (SSSR count). The number of allylic oxidation sites excluding steroid dienone is 2. The average molecular weight is 288 g/mol. The van der Waals surface area contributed by atoms with E-state index in [1.165, 1.54) is 4.90 Å². The normalized spacial score (nSPS) is 34.1. The van der Waals surface area contributed by atoms with Gasteiger partial charge in [0.2, 0.25) is 11.8 Å². The third-order valence-corrected chi connectivity index (χ3v) is 5.03. The minimum Gasteiger partial charge on any atom is -0.278 e. The summed E-state index contributed by atoms with van der Waals surface area (Å²) in [5, 5.41) is 0.628. The average Bonchev–Trinajstić information content (AvgIpc) is 3.09. The third-order valence-electron chi connectivity index (χ3n) is 4.79. The molecular weight excluding hydrogens is 274 g/mol. The summed E-state index contributed by atoms with van der Waals surface area (Å²) in [7, 11) is 0. The van der Waals surface area contributed by atoms with Gasteiger partial charge in [0.15, 0.2) is 0 Å². The molecule has 0 radical (unpaired) electrons. The molecule has 0 spiro atoms. The van der Waals surface area contributed by atoms with Crippen molar-refractivity contribution in [1.29, 1.82) is 0 Å². The number of hydrogen-bond donors (Lipinski definition) is 0. The van der Waals surface area contributed by atoms with Crippen LogP contribution in [0.1, 0.15) is 12.0 Å². The minimum absolute atomic E-state index is 0.00294. The zero-order chi connectivity index (χ0) is 13.9. The molecule has 1 aromatic rings. The Hall–Kier alpha value is -1.61. The topological polar surface area (TPSA) is 37.4 Å². The van der Waals surface area contributed by atoms with Crippen LogP contribution in [0.4, 0.5) is 0 Å². The lowest BCUT2D eigenvalue weighted by Gasteiger charge is -2.17. The number of carbonyl (C=O) groups excluding carboxylic acids is 2. The van der Waals surface area contributed by atoms with E-state index in [1.54, 1.807) is 6.07 Å². The van der Waals surface area contributed by atoms with Crippen LogP contribution in [0.25, 0.3) is 0 Å². The van der Waals surface area contributed by atoms with Crippen molar-refractivity contribution in [1.82, 2.24) is 4.90 Å². The Labute approximate surface area is 122 Å². The summed E-state index contributed by atoms with van der Waals surface area (Å²) in [6.07, 6.45) is 5.19. The van der Waals surface area contributed by atoms with Crippen molar-refractivity contribution in [2.75, 3.05) is 0 Å². The van der Waals surface area contributed by atoms with E-state index in [4.69, 9.17) is 11.6 Å². The van der Waals surface area contributed by atoms with E-state index in [1.807, 2.05) is 18.2 Å². The number of halogens is 1. The Balaban J connectivity index is 1.62. The van der Waals surface area contributed by atoms with E-state index in [-0.39, 0.29) is 35.5 Å². The molecule has 2 aliphatic carbocycles. The number of rotatable bonds is 2. The first-order valence-corrected chi connectivity index (χ1v) is 7.31. The first-order valence-electron chi connectivity index (χ1n) is 6.93. The van der Waals surface area contributed by atoms with Gasteiger partial charge < -0.3 is 0 Å². The molecule has 1 saturated carbocycles. The van der Waals surface area contributed by atoms with Gasteiger partial charge in [0.05, 0.1) is 18.4 Å². The summed E-state index contributed by atoms with van der Waals surface area (Å²) in [5.41, 5.74) is 0.902. The molecule has 1 saturated heterocycles. The van der Waals surface area contributed by atoms with Crippen LogP contribution >= 0.6 is 11.6 Å². The van der Waals surface area contributed by atoms with Gasteiger partial charge in [0.25, 0.3) is 0 Å². The molecular formula is C16H14ClNO2. The Kier molecular flexibility index (Phi) is 2.55. The van der Waals surface area contributed by atoms with Gasteiger partial charge in [-0.25, -0.2) is 0 Å². The largest absolute Gasteiger partial charge is 0.278 e. The van der Waals surface area contributed by atoms with E-state index < -0.39 is 0 Å². The Morgan fingerprint density at radius 3 is 2.35 bits per heavy atom. The standard InChI is InChI=1S/C16H14ClNO2/c17-12-3-1-2-9(6-12)8-18-15(19)13-10-4-5-11(7-10)14(13)16(18)20/h1-6,10-11,13-14H,7-8H2/t10-,11-,13+,14+/m0/s1. The first-order chi connectivity index (χ1) is 9.65. The molecule has 2 amide bonds. The number of amides is 2. The highest BCUT2D eigenvalue weighted by atomic mass is 35.5. The van der Waals surface area contributed by atoms with Gasteiger partial charge in [-0.2, -0.15) is 0 Å². The van der Waals surface area contributed by atoms with Crippen LogP contribution in [-0.4, -0.2) is 16.7 Å². The highest BCUT2D eigenvalue weighted by Gasteiger charge is 2.59. The SMILES string of the molecule is O=C1[C@H]2[C@H](C(=O)N1Cc1cccc(Cl)c1)[C@H]1C=C[C@H]2C1. The number of benzene rings is 1. The maximum atomic E-state index is 12.5. The van der Waals surface area contributed by atoms with Crippen LogP contribution in [0, 0.1) is 23.7 Å². The smallest absolute Gasteiger partial charge is 0.234 e. The second-order valence-electron chi connectivity index (χ2n) is 5.89. The van der Waals surface area contributed by atoms with E-state index in [0.717, 1.165) is 12.0 Å². The molecule has 3 nitrogen and oxygen atoms in total. The van der Waals surface area contributed by atoms with Crippen LogP contribution in [-0.2, 0) is 16.1 Å². The van der Waals surface area contributed by atoms with Crippen LogP contribution < -0.4 is 0 Å². The molecule has 2 fully saturated rings. The van der Waals surface area contributed by atoms with Crippen molar-refractivity contribution in [2.45, 2.75) is 13.0 Å². The number of likely N-dealkylation sites (tertiary alicyclic amines) is 1. The molecule has 4 heteroatoms. The van der Waals surface area contributed by atoms with E-state index >= 15 is 0 Å². The number of nitrogens with zero attached hydrogens (tertiary/aromatic N) is 1. The zero-order valence-electron chi connectivity index (χ0n) is 10.8. The molecule has 2 bridgehead atoms. The van der Waals surface area contributed by atoms with Gasteiger partial charge >= 0.3 is 0 Å². The Bertz CT molecular complexity index is 609. The van der Waals surface area contributed by atoms with E-state index in [2.05, 4.69) is 12.2 Å². The van der Waals surface area contributed by atoms with E-state index in [0.29, 0.717) is 11.6 Å². The van der Waals surface area contributed by atoms with Crippen molar-refractivity contribution in [3.8, 4) is 0 Å². The third kappa shape index (κ3) is 1.59. The molecule has 1 heterocycles. The molecule has 20 heavy (non-hydrogen) atoms. The molecule has 0 unspecified atom stereocenters. The van der Waals surface area contributed by atoms with Gasteiger partial charge in [-0.05, 0) is 36.0 Å². The summed E-state index contributed by atoms with van der Waals surface area (Å²) in [6.45, 7) is 0.338. The number of hydrogen-bond acceptors (Lipinski definition) is 2. The predicted octanol–water partition coefficient (Wildman–Crippen LogP) is 2.65. The maximum Gasteiger partial charge on any atom is 0.234 e. The lowest BCUT2D eigenvalue weighted by Crippen LogP contribution is -2.32. The first kappa shape index (κ1) is 12.2. The van der Waals surface area contributed by atoms with Crippen molar-refractivity contribution < 1.29 is 9.59 Å². The molecule has 4 atom stereocenters. The fraction of sp³-hybridized carbons (Fsp3) is 0.375. The quantitative estimate of drug-likeness (QED) is 0.619. The molecule has 102 valence electrons.